The van der Waals surface area contributed by atoms with Crippen LogP contribution < -0.4 is 11.1 Å². The summed E-state index contributed by atoms with van der Waals surface area (Å²) in [6.07, 6.45) is 2.34. The normalized spacial score (nSPS) is 25.6. The maximum absolute atomic E-state index is 12.8. The Balaban J connectivity index is 1.59. The van der Waals surface area contributed by atoms with E-state index in [2.05, 4.69) is 10.2 Å². The minimum atomic E-state index is -0.176. The van der Waals surface area contributed by atoms with E-state index in [4.69, 9.17) is 14.9 Å². The molecule has 0 aromatic carbocycles. The number of nitrogens with two attached hydrogens (primary N) is 1. The molecule has 0 aliphatic carbocycles. The second-order valence-corrected chi connectivity index (χ2v) is 6.25. The average Bonchev–Trinajstić information content (AvgIpc) is 3.23. The highest BCUT2D eigenvalue weighted by Crippen LogP contribution is 2.12. The van der Waals surface area contributed by atoms with Crippen LogP contribution >= 0.6 is 0 Å². The number of amides is 1. The third-order valence-electron chi connectivity index (χ3n) is 4.49. The van der Waals surface area contributed by atoms with Gasteiger partial charge in [0.1, 0.15) is 5.76 Å². The fourth-order valence-corrected chi connectivity index (χ4v) is 3.12. The zero-order valence-electron chi connectivity index (χ0n) is 13.4. The van der Waals surface area contributed by atoms with Crippen molar-refractivity contribution >= 4 is 5.91 Å². The number of morpholine rings is 1. The van der Waals surface area contributed by atoms with E-state index in [1.807, 2.05) is 17.0 Å². The fourth-order valence-electron chi connectivity index (χ4n) is 3.12. The van der Waals surface area contributed by atoms with Gasteiger partial charge in [0, 0.05) is 38.8 Å². The molecule has 3 N–H and O–H groups in total. The molecule has 3 heterocycles. The van der Waals surface area contributed by atoms with Crippen LogP contribution in [0.3, 0.4) is 0 Å². The largest absolute Gasteiger partial charge is 0.467 e. The van der Waals surface area contributed by atoms with E-state index in [0.717, 1.165) is 38.6 Å². The molecule has 7 nitrogen and oxygen atoms in total. The first-order valence-corrected chi connectivity index (χ1v) is 8.32. The van der Waals surface area contributed by atoms with Gasteiger partial charge in [0.2, 0.25) is 5.91 Å². The Morgan fingerprint density at radius 3 is 2.91 bits per heavy atom. The van der Waals surface area contributed by atoms with E-state index in [1.54, 1.807) is 6.26 Å². The van der Waals surface area contributed by atoms with Crippen molar-refractivity contribution < 1.29 is 13.9 Å². The number of carbonyl (C=O) groups excluding carboxylic acids is 1. The number of hydrogen-bond acceptors (Lipinski definition) is 6. The van der Waals surface area contributed by atoms with Crippen molar-refractivity contribution in [3.63, 3.8) is 0 Å². The molecule has 1 aromatic heterocycles. The summed E-state index contributed by atoms with van der Waals surface area (Å²) in [5.74, 6) is 0.922. The first kappa shape index (κ1) is 16.4. The summed E-state index contributed by atoms with van der Waals surface area (Å²) in [6, 6.07) is 3.64. The molecule has 2 atom stereocenters. The van der Waals surface area contributed by atoms with Crippen molar-refractivity contribution in [3.8, 4) is 0 Å². The Bertz CT molecular complexity index is 488. The number of nitrogens with zero attached hydrogens (tertiary/aromatic N) is 2. The fraction of sp³-hybridized carbons (Fsp3) is 0.688. The minimum absolute atomic E-state index is 0.0636. The molecule has 0 spiro atoms. The maximum atomic E-state index is 12.8. The molecule has 23 heavy (non-hydrogen) atoms. The van der Waals surface area contributed by atoms with Gasteiger partial charge in [-0.05, 0) is 18.6 Å². The summed E-state index contributed by atoms with van der Waals surface area (Å²) in [4.78, 5) is 17.0. The zero-order chi connectivity index (χ0) is 16.1. The summed E-state index contributed by atoms with van der Waals surface area (Å²) in [7, 11) is 0. The molecule has 0 unspecified atom stereocenters. The van der Waals surface area contributed by atoms with Crippen LogP contribution in [0.4, 0.5) is 0 Å². The standard InChI is InChI=1S/C16H26N4O3/c17-13-10-15(18-11-13)16(21)20(12-14-2-1-7-23-14)4-3-19-5-8-22-9-6-19/h1-2,7,13,15,18H,3-6,8-12,17H2/t13-,15+/m1/s1. The highest BCUT2D eigenvalue weighted by Gasteiger charge is 2.31. The minimum Gasteiger partial charge on any atom is -0.467 e. The molecule has 0 bridgehead atoms. The highest BCUT2D eigenvalue weighted by atomic mass is 16.5. The second kappa shape index (κ2) is 7.92. The molecule has 128 valence electrons. The van der Waals surface area contributed by atoms with E-state index in [9.17, 15) is 4.79 Å². The quantitative estimate of drug-likeness (QED) is 0.743. The van der Waals surface area contributed by atoms with Crippen LogP contribution in [0.15, 0.2) is 22.8 Å². The Morgan fingerprint density at radius 2 is 2.26 bits per heavy atom. The summed E-state index contributed by atoms with van der Waals surface area (Å²) in [5.41, 5.74) is 5.92. The van der Waals surface area contributed by atoms with Crippen molar-refractivity contribution in [1.29, 1.82) is 0 Å². The number of furan rings is 1. The van der Waals surface area contributed by atoms with Crippen LogP contribution in [0.1, 0.15) is 12.2 Å². The third-order valence-corrected chi connectivity index (χ3v) is 4.49. The van der Waals surface area contributed by atoms with Gasteiger partial charge in [-0.3, -0.25) is 9.69 Å². The van der Waals surface area contributed by atoms with Crippen LogP contribution in [-0.4, -0.2) is 73.7 Å². The van der Waals surface area contributed by atoms with Crippen molar-refractivity contribution in [2.75, 3.05) is 45.9 Å². The molecule has 0 radical (unpaired) electrons. The first-order valence-electron chi connectivity index (χ1n) is 8.32. The molecule has 2 aliphatic heterocycles. The van der Waals surface area contributed by atoms with Gasteiger partial charge in [-0.1, -0.05) is 0 Å². The van der Waals surface area contributed by atoms with E-state index in [1.165, 1.54) is 0 Å². The summed E-state index contributed by atoms with van der Waals surface area (Å²) in [5, 5.41) is 3.22. The summed E-state index contributed by atoms with van der Waals surface area (Å²) < 4.78 is 10.8. The van der Waals surface area contributed by atoms with Gasteiger partial charge in [0.15, 0.2) is 0 Å². The van der Waals surface area contributed by atoms with Gasteiger partial charge in [-0.25, -0.2) is 0 Å². The maximum Gasteiger partial charge on any atom is 0.240 e. The van der Waals surface area contributed by atoms with Crippen LogP contribution in [0.2, 0.25) is 0 Å². The van der Waals surface area contributed by atoms with Crippen LogP contribution in [0.5, 0.6) is 0 Å². The Labute approximate surface area is 136 Å². The molecule has 0 saturated carbocycles. The molecular formula is C16H26N4O3. The Hall–Kier alpha value is -1.41. The predicted molar refractivity (Wildman–Crippen MR) is 85.8 cm³/mol. The van der Waals surface area contributed by atoms with Crippen molar-refractivity contribution in [2.45, 2.75) is 25.0 Å². The first-order chi connectivity index (χ1) is 11.2. The van der Waals surface area contributed by atoms with Gasteiger partial charge in [0.25, 0.3) is 0 Å². The lowest BCUT2D eigenvalue weighted by Crippen LogP contribution is -2.47. The molecule has 2 aliphatic rings. The van der Waals surface area contributed by atoms with Gasteiger partial charge in [-0.2, -0.15) is 0 Å². The summed E-state index contributed by atoms with van der Waals surface area (Å²) >= 11 is 0. The average molecular weight is 322 g/mol. The lowest BCUT2D eigenvalue weighted by atomic mass is 10.1. The van der Waals surface area contributed by atoms with E-state index in [0.29, 0.717) is 26.1 Å². The predicted octanol–water partition coefficient (Wildman–Crippen LogP) is -0.370. The monoisotopic (exact) mass is 322 g/mol. The number of nitrogens with one attached hydrogen (secondary N) is 1. The van der Waals surface area contributed by atoms with Crippen molar-refractivity contribution in [2.24, 2.45) is 5.73 Å². The Kier molecular flexibility index (Phi) is 5.66. The van der Waals surface area contributed by atoms with Gasteiger partial charge >= 0.3 is 0 Å². The second-order valence-electron chi connectivity index (χ2n) is 6.25. The SMILES string of the molecule is N[C@H]1CN[C@H](C(=O)N(CCN2CCOCC2)Cc2ccco2)C1. The highest BCUT2D eigenvalue weighted by molar-refractivity contribution is 5.82. The molecule has 1 amide bonds. The number of hydrogen-bond donors (Lipinski definition) is 2. The topological polar surface area (TPSA) is 84.0 Å². The van der Waals surface area contributed by atoms with Crippen LogP contribution in [0.25, 0.3) is 0 Å². The van der Waals surface area contributed by atoms with E-state index < -0.39 is 0 Å². The Morgan fingerprint density at radius 1 is 1.43 bits per heavy atom. The number of rotatable bonds is 6. The third kappa shape index (κ3) is 4.54. The molecule has 1 aromatic rings. The molecule has 3 rings (SSSR count). The molecular weight excluding hydrogens is 296 g/mol. The summed E-state index contributed by atoms with van der Waals surface area (Å²) in [6.45, 7) is 6.14. The zero-order valence-corrected chi connectivity index (χ0v) is 13.4. The van der Waals surface area contributed by atoms with Gasteiger partial charge in [0.05, 0.1) is 32.1 Å². The van der Waals surface area contributed by atoms with Gasteiger partial charge in [-0.15, -0.1) is 0 Å². The molecule has 7 heteroatoms. The molecule has 2 fully saturated rings. The number of ether oxygens (including phenoxy) is 1. The molecule has 2 saturated heterocycles. The smallest absolute Gasteiger partial charge is 0.240 e. The lowest BCUT2D eigenvalue weighted by molar-refractivity contribution is -0.134. The van der Waals surface area contributed by atoms with Crippen molar-refractivity contribution in [3.05, 3.63) is 24.2 Å². The lowest BCUT2D eigenvalue weighted by Gasteiger charge is -2.31. The van der Waals surface area contributed by atoms with E-state index in [-0.39, 0.29) is 18.0 Å². The van der Waals surface area contributed by atoms with E-state index >= 15 is 0 Å². The van der Waals surface area contributed by atoms with Crippen LogP contribution in [0, 0.1) is 0 Å². The van der Waals surface area contributed by atoms with Crippen molar-refractivity contribution in [1.82, 2.24) is 15.1 Å². The van der Waals surface area contributed by atoms with Crippen LogP contribution in [-0.2, 0) is 16.1 Å². The van der Waals surface area contributed by atoms with Gasteiger partial charge < -0.3 is 25.1 Å². The number of carbonyl (C=O) groups is 1.